The minimum atomic E-state index is -0.325. The maximum absolute atomic E-state index is 12.0. The quantitative estimate of drug-likeness (QED) is 0.675. The van der Waals surface area contributed by atoms with Crippen molar-refractivity contribution in [3.05, 3.63) is 70.1 Å². The van der Waals surface area contributed by atoms with Gasteiger partial charge in [0.2, 0.25) is 0 Å². The smallest absolute Gasteiger partial charge is 0.336 e. The van der Waals surface area contributed by atoms with E-state index in [-0.39, 0.29) is 5.63 Å². The van der Waals surface area contributed by atoms with Crippen LogP contribution in [0, 0.1) is 0 Å². The highest BCUT2D eigenvalue weighted by Gasteiger charge is 2.23. The molecule has 0 aliphatic carbocycles. The summed E-state index contributed by atoms with van der Waals surface area (Å²) in [6.07, 6.45) is 2.22. The molecule has 1 unspecified atom stereocenters. The van der Waals surface area contributed by atoms with Gasteiger partial charge in [0.1, 0.15) is 11.3 Å². The van der Waals surface area contributed by atoms with E-state index in [1.165, 1.54) is 11.3 Å². The molecule has 128 valence electrons. The number of hydrogen-bond acceptors (Lipinski definition) is 4. The molecule has 0 amide bonds. The van der Waals surface area contributed by atoms with E-state index in [1.807, 2.05) is 12.1 Å². The maximum Gasteiger partial charge on any atom is 0.336 e. The zero-order valence-electron chi connectivity index (χ0n) is 14.5. The third-order valence-electron chi connectivity index (χ3n) is 5.04. The fourth-order valence-electron chi connectivity index (χ4n) is 3.65. The van der Waals surface area contributed by atoms with Crippen LogP contribution in [0.1, 0.15) is 24.5 Å². The van der Waals surface area contributed by atoms with Gasteiger partial charge in [0.15, 0.2) is 0 Å². The molecule has 0 fully saturated rings. The minimum absolute atomic E-state index is 0.325. The molecular formula is C21H21NO3. The van der Waals surface area contributed by atoms with Crippen molar-refractivity contribution < 1.29 is 9.15 Å². The normalized spacial score (nSPS) is 16.7. The van der Waals surface area contributed by atoms with E-state index in [4.69, 9.17) is 9.15 Å². The Kier molecular flexibility index (Phi) is 3.96. The fourth-order valence-corrected chi connectivity index (χ4v) is 3.65. The highest BCUT2D eigenvalue weighted by atomic mass is 16.5. The van der Waals surface area contributed by atoms with Crippen molar-refractivity contribution in [2.75, 3.05) is 12.0 Å². The average Bonchev–Trinajstić information content (AvgIpc) is 2.63. The molecular weight excluding hydrogens is 314 g/mol. The molecule has 1 aliphatic heterocycles. The minimum Gasteiger partial charge on any atom is -0.497 e. The molecule has 3 aromatic rings. The van der Waals surface area contributed by atoms with Gasteiger partial charge in [-0.3, -0.25) is 0 Å². The number of methoxy groups -OCH3 is 1. The number of anilines is 1. The second kappa shape index (κ2) is 6.28. The van der Waals surface area contributed by atoms with Gasteiger partial charge in [-0.05, 0) is 49.1 Å². The molecule has 1 aromatic heterocycles. The van der Waals surface area contributed by atoms with E-state index in [2.05, 4.69) is 36.1 Å². The van der Waals surface area contributed by atoms with Crippen LogP contribution in [0.2, 0.25) is 0 Å². The van der Waals surface area contributed by atoms with Crippen molar-refractivity contribution in [1.82, 2.24) is 0 Å². The van der Waals surface area contributed by atoms with Crippen LogP contribution < -0.4 is 15.3 Å². The fraction of sp³-hybridized carbons (Fsp3) is 0.286. The summed E-state index contributed by atoms with van der Waals surface area (Å²) in [7, 11) is 1.61. The van der Waals surface area contributed by atoms with Crippen LogP contribution in [0.15, 0.2) is 57.7 Å². The second-order valence-electron chi connectivity index (χ2n) is 6.60. The summed E-state index contributed by atoms with van der Waals surface area (Å²) in [6.45, 7) is 2.93. The molecule has 1 aliphatic rings. The topological polar surface area (TPSA) is 42.7 Å². The lowest BCUT2D eigenvalue weighted by Crippen LogP contribution is -2.36. The van der Waals surface area contributed by atoms with E-state index < -0.39 is 0 Å². The lowest BCUT2D eigenvalue weighted by atomic mass is 9.95. The Morgan fingerprint density at radius 2 is 2.04 bits per heavy atom. The summed E-state index contributed by atoms with van der Waals surface area (Å²) >= 11 is 0. The highest BCUT2D eigenvalue weighted by molar-refractivity contribution is 5.82. The third-order valence-corrected chi connectivity index (χ3v) is 5.04. The van der Waals surface area contributed by atoms with E-state index in [0.717, 1.165) is 23.8 Å². The van der Waals surface area contributed by atoms with E-state index in [1.54, 1.807) is 19.2 Å². The standard InChI is InChI=1S/C21H21NO3/c1-14-7-8-15-5-3-4-6-19(15)22(14)13-16-11-21(23)25-20-12-17(24-2)9-10-18(16)20/h3-6,9-12,14H,7-8,13H2,1-2H3. The molecule has 2 aromatic carbocycles. The highest BCUT2D eigenvalue weighted by Crippen LogP contribution is 2.33. The van der Waals surface area contributed by atoms with Gasteiger partial charge in [0.25, 0.3) is 0 Å². The van der Waals surface area contributed by atoms with Crippen molar-refractivity contribution in [1.29, 1.82) is 0 Å². The summed E-state index contributed by atoms with van der Waals surface area (Å²) in [6, 6.07) is 16.2. The molecule has 4 rings (SSSR count). The Balaban J connectivity index is 1.79. The number of ether oxygens (including phenoxy) is 1. The van der Waals surface area contributed by atoms with Crippen molar-refractivity contribution in [3.8, 4) is 5.75 Å². The Morgan fingerprint density at radius 3 is 2.88 bits per heavy atom. The monoisotopic (exact) mass is 335 g/mol. The predicted octanol–water partition coefficient (Wildman–Crippen LogP) is 4.14. The molecule has 4 nitrogen and oxygen atoms in total. The largest absolute Gasteiger partial charge is 0.497 e. The molecule has 0 radical (unpaired) electrons. The van der Waals surface area contributed by atoms with Crippen LogP contribution in [0.25, 0.3) is 11.0 Å². The van der Waals surface area contributed by atoms with Crippen molar-refractivity contribution >= 4 is 16.7 Å². The first-order chi connectivity index (χ1) is 12.2. The van der Waals surface area contributed by atoms with Crippen LogP contribution in [0.4, 0.5) is 5.69 Å². The average molecular weight is 335 g/mol. The van der Waals surface area contributed by atoms with Crippen LogP contribution in [-0.2, 0) is 13.0 Å². The summed E-state index contributed by atoms with van der Waals surface area (Å²) in [4.78, 5) is 14.4. The van der Waals surface area contributed by atoms with Crippen molar-refractivity contribution in [3.63, 3.8) is 0 Å². The molecule has 0 bridgehead atoms. The first-order valence-electron chi connectivity index (χ1n) is 8.61. The van der Waals surface area contributed by atoms with Gasteiger partial charge < -0.3 is 14.1 Å². The third kappa shape index (κ3) is 2.88. The van der Waals surface area contributed by atoms with Crippen LogP contribution in [0.5, 0.6) is 5.75 Å². The summed E-state index contributed by atoms with van der Waals surface area (Å²) < 4.78 is 10.6. The Labute approximate surface area is 146 Å². The lowest BCUT2D eigenvalue weighted by molar-refractivity contribution is 0.414. The molecule has 2 heterocycles. The van der Waals surface area contributed by atoms with Crippen molar-refractivity contribution in [2.24, 2.45) is 0 Å². The van der Waals surface area contributed by atoms with Crippen LogP contribution >= 0.6 is 0 Å². The number of fused-ring (bicyclic) bond motifs is 2. The number of rotatable bonds is 3. The van der Waals surface area contributed by atoms with Gasteiger partial charge in [-0.25, -0.2) is 4.79 Å². The summed E-state index contributed by atoms with van der Waals surface area (Å²) in [5.74, 6) is 0.685. The van der Waals surface area contributed by atoms with E-state index in [9.17, 15) is 4.79 Å². The van der Waals surface area contributed by atoms with Gasteiger partial charge >= 0.3 is 5.63 Å². The molecule has 1 atom stereocenters. The van der Waals surface area contributed by atoms with E-state index in [0.29, 0.717) is 23.9 Å². The molecule has 4 heteroatoms. The Morgan fingerprint density at radius 1 is 1.20 bits per heavy atom. The SMILES string of the molecule is COc1ccc2c(CN3c4ccccc4CCC3C)cc(=O)oc2c1. The molecule has 0 saturated carbocycles. The molecule has 0 spiro atoms. The lowest BCUT2D eigenvalue weighted by Gasteiger charge is -2.37. The number of benzene rings is 2. The molecule has 25 heavy (non-hydrogen) atoms. The first kappa shape index (κ1) is 15.8. The van der Waals surface area contributed by atoms with Gasteiger partial charge in [-0.15, -0.1) is 0 Å². The maximum atomic E-state index is 12.0. The zero-order valence-corrected chi connectivity index (χ0v) is 14.5. The van der Waals surface area contributed by atoms with E-state index >= 15 is 0 Å². The molecule has 0 saturated heterocycles. The molecule has 0 N–H and O–H groups in total. The van der Waals surface area contributed by atoms with Gasteiger partial charge in [-0.1, -0.05) is 18.2 Å². The van der Waals surface area contributed by atoms with Gasteiger partial charge in [0, 0.05) is 35.8 Å². The summed E-state index contributed by atoms with van der Waals surface area (Å²) in [5, 5.41) is 0.954. The summed E-state index contributed by atoms with van der Waals surface area (Å²) in [5.41, 5.74) is 3.86. The Hall–Kier alpha value is -2.75. The van der Waals surface area contributed by atoms with Crippen LogP contribution in [-0.4, -0.2) is 13.2 Å². The predicted molar refractivity (Wildman–Crippen MR) is 99.4 cm³/mol. The van der Waals surface area contributed by atoms with Crippen molar-refractivity contribution in [2.45, 2.75) is 32.4 Å². The number of para-hydroxylation sites is 1. The Bertz CT molecular complexity index is 976. The van der Waals surface area contributed by atoms with Gasteiger partial charge in [0.05, 0.1) is 7.11 Å². The van der Waals surface area contributed by atoms with Crippen LogP contribution in [0.3, 0.4) is 0 Å². The number of hydrogen-bond donors (Lipinski definition) is 0. The number of aryl methyl sites for hydroxylation is 1. The second-order valence-corrected chi connectivity index (χ2v) is 6.60. The zero-order chi connectivity index (χ0) is 17.4. The number of nitrogens with zero attached hydrogens (tertiary/aromatic N) is 1. The van der Waals surface area contributed by atoms with Gasteiger partial charge in [-0.2, -0.15) is 0 Å². The first-order valence-corrected chi connectivity index (χ1v) is 8.61.